The summed E-state index contributed by atoms with van der Waals surface area (Å²) >= 11 is 1.93. The third-order valence-electron chi connectivity index (χ3n) is 5.14. The molecular formula is C22H24FN5O3S. The van der Waals surface area contributed by atoms with Gasteiger partial charge in [0.1, 0.15) is 11.9 Å². The van der Waals surface area contributed by atoms with Crippen LogP contribution < -0.4 is 10.2 Å². The number of rotatable bonds is 6. The molecule has 2 amide bonds. The van der Waals surface area contributed by atoms with Crippen molar-refractivity contribution in [3.63, 3.8) is 0 Å². The van der Waals surface area contributed by atoms with Crippen molar-refractivity contribution in [3.8, 4) is 11.3 Å². The van der Waals surface area contributed by atoms with Crippen molar-refractivity contribution < 1.29 is 18.7 Å². The maximum absolute atomic E-state index is 14.8. The first-order chi connectivity index (χ1) is 15.5. The zero-order chi connectivity index (χ0) is 22.5. The van der Waals surface area contributed by atoms with E-state index in [1.54, 1.807) is 30.6 Å². The summed E-state index contributed by atoms with van der Waals surface area (Å²) in [7, 11) is 0. The molecule has 2 saturated heterocycles. The van der Waals surface area contributed by atoms with Gasteiger partial charge in [0.15, 0.2) is 0 Å². The fourth-order valence-corrected chi connectivity index (χ4v) is 4.32. The molecule has 2 fully saturated rings. The van der Waals surface area contributed by atoms with Crippen LogP contribution in [0.15, 0.2) is 41.6 Å². The lowest BCUT2D eigenvalue weighted by molar-refractivity contribution is -0.119. The molecule has 8 nitrogen and oxygen atoms in total. The lowest BCUT2D eigenvalue weighted by atomic mass is 10.1. The SMILES string of the molecule is CC(=O)NC[C@H]1CN(c2ccc(-c3ccc(/C=N/N4CCSCC4)cn3)c(F)c2)C(=O)O1. The zero-order valence-corrected chi connectivity index (χ0v) is 18.5. The molecule has 1 N–H and O–H groups in total. The van der Waals surface area contributed by atoms with E-state index in [9.17, 15) is 14.0 Å². The van der Waals surface area contributed by atoms with Gasteiger partial charge in [0.05, 0.1) is 30.7 Å². The number of benzene rings is 1. The minimum Gasteiger partial charge on any atom is -0.442 e. The van der Waals surface area contributed by atoms with Crippen LogP contribution in [0, 0.1) is 5.82 Å². The van der Waals surface area contributed by atoms with Crippen LogP contribution in [0.1, 0.15) is 12.5 Å². The number of cyclic esters (lactones) is 1. The molecule has 3 heterocycles. The number of hydrazone groups is 1. The minimum atomic E-state index is -0.568. The van der Waals surface area contributed by atoms with E-state index in [-0.39, 0.29) is 19.0 Å². The average Bonchev–Trinajstić information content (AvgIpc) is 3.18. The second-order valence-electron chi connectivity index (χ2n) is 7.50. The smallest absolute Gasteiger partial charge is 0.414 e. The molecule has 0 bridgehead atoms. The Morgan fingerprint density at radius 3 is 2.84 bits per heavy atom. The Morgan fingerprint density at radius 1 is 1.34 bits per heavy atom. The van der Waals surface area contributed by atoms with Gasteiger partial charge in [-0.05, 0) is 30.3 Å². The normalized spacial score (nSPS) is 18.8. The molecule has 168 valence electrons. The molecule has 4 rings (SSSR count). The van der Waals surface area contributed by atoms with Crippen LogP contribution in [-0.4, -0.2) is 72.0 Å². The van der Waals surface area contributed by atoms with Gasteiger partial charge in [-0.1, -0.05) is 0 Å². The summed E-state index contributed by atoms with van der Waals surface area (Å²) in [6, 6.07) is 8.15. The van der Waals surface area contributed by atoms with Crippen LogP contribution in [0.2, 0.25) is 0 Å². The number of carbonyl (C=O) groups excluding carboxylic acids is 2. The van der Waals surface area contributed by atoms with Crippen molar-refractivity contribution in [2.24, 2.45) is 5.10 Å². The summed E-state index contributed by atoms with van der Waals surface area (Å²) in [5, 5.41) is 9.12. The number of carbonyl (C=O) groups is 2. The van der Waals surface area contributed by atoms with Crippen molar-refractivity contribution in [2.75, 3.05) is 42.6 Å². The van der Waals surface area contributed by atoms with E-state index < -0.39 is 18.0 Å². The van der Waals surface area contributed by atoms with E-state index in [0.29, 0.717) is 16.9 Å². The molecule has 32 heavy (non-hydrogen) atoms. The monoisotopic (exact) mass is 457 g/mol. The summed E-state index contributed by atoms with van der Waals surface area (Å²) in [5.41, 5.74) is 2.07. The fourth-order valence-electron chi connectivity index (χ4n) is 3.43. The Hall–Kier alpha value is -3.14. The van der Waals surface area contributed by atoms with Gasteiger partial charge in [-0.15, -0.1) is 0 Å². The number of nitrogens with zero attached hydrogens (tertiary/aromatic N) is 4. The van der Waals surface area contributed by atoms with Crippen LogP contribution in [0.3, 0.4) is 0 Å². The van der Waals surface area contributed by atoms with Crippen LogP contribution >= 0.6 is 11.8 Å². The topological polar surface area (TPSA) is 87.1 Å². The van der Waals surface area contributed by atoms with Crippen LogP contribution in [0.25, 0.3) is 11.3 Å². The van der Waals surface area contributed by atoms with E-state index in [0.717, 1.165) is 30.2 Å². The summed E-state index contributed by atoms with van der Waals surface area (Å²) in [6.45, 7) is 3.71. The van der Waals surface area contributed by atoms with E-state index in [4.69, 9.17) is 4.74 Å². The number of halogens is 1. The maximum atomic E-state index is 14.8. The van der Waals surface area contributed by atoms with E-state index in [2.05, 4.69) is 15.4 Å². The Morgan fingerprint density at radius 2 is 2.16 bits per heavy atom. The third kappa shape index (κ3) is 5.37. The molecule has 1 aromatic heterocycles. The van der Waals surface area contributed by atoms with Crippen molar-refractivity contribution in [1.29, 1.82) is 0 Å². The van der Waals surface area contributed by atoms with Crippen molar-refractivity contribution in [1.82, 2.24) is 15.3 Å². The van der Waals surface area contributed by atoms with E-state index in [1.807, 2.05) is 22.8 Å². The standard InChI is InChI=1S/C22H24FN5O3S/c1-15(29)24-13-18-14-28(22(30)31-18)17-3-4-19(20(23)10-17)21-5-2-16(11-25-21)12-26-27-6-8-32-9-7-27/h2-5,10-12,18H,6-9,13-14H2,1H3,(H,24,29)/b26-12+/t18-/m0/s1. The number of pyridine rings is 1. The fraction of sp³-hybridized carbons (Fsp3) is 0.364. The van der Waals surface area contributed by atoms with E-state index >= 15 is 0 Å². The predicted octanol–water partition coefficient (Wildman–Crippen LogP) is 2.73. The number of ether oxygens (including phenoxy) is 1. The number of hydrogen-bond donors (Lipinski definition) is 1. The lowest BCUT2D eigenvalue weighted by Crippen LogP contribution is -2.33. The van der Waals surface area contributed by atoms with Crippen LogP contribution in [0.4, 0.5) is 14.9 Å². The number of nitrogens with one attached hydrogen (secondary N) is 1. The average molecular weight is 458 g/mol. The van der Waals surface area contributed by atoms with Gasteiger partial charge in [0.25, 0.3) is 0 Å². The van der Waals surface area contributed by atoms with Crippen molar-refractivity contribution in [2.45, 2.75) is 13.0 Å². The predicted molar refractivity (Wildman–Crippen MR) is 122 cm³/mol. The van der Waals surface area contributed by atoms with Crippen LogP contribution in [-0.2, 0) is 9.53 Å². The van der Waals surface area contributed by atoms with Gasteiger partial charge >= 0.3 is 6.09 Å². The number of anilines is 1. The maximum Gasteiger partial charge on any atom is 0.414 e. The Labute approximate surface area is 189 Å². The highest BCUT2D eigenvalue weighted by atomic mass is 32.2. The van der Waals surface area contributed by atoms with Gasteiger partial charge in [0.2, 0.25) is 5.91 Å². The molecule has 0 aliphatic carbocycles. The molecule has 1 atom stereocenters. The molecule has 0 spiro atoms. The van der Waals surface area contributed by atoms with E-state index in [1.165, 1.54) is 17.9 Å². The summed E-state index contributed by atoms with van der Waals surface area (Å²) < 4.78 is 20.1. The number of hydrogen-bond acceptors (Lipinski definition) is 7. The zero-order valence-electron chi connectivity index (χ0n) is 17.7. The highest BCUT2D eigenvalue weighted by molar-refractivity contribution is 7.99. The Kier molecular flexibility index (Phi) is 6.89. The first-order valence-electron chi connectivity index (χ1n) is 10.3. The summed E-state index contributed by atoms with van der Waals surface area (Å²) in [4.78, 5) is 28.9. The first kappa shape index (κ1) is 22.1. The second-order valence-corrected chi connectivity index (χ2v) is 8.73. The Bertz CT molecular complexity index is 1010. The number of thioether (sulfide) groups is 1. The minimum absolute atomic E-state index is 0.203. The molecule has 0 saturated carbocycles. The Balaban J connectivity index is 1.42. The van der Waals surface area contributed by atoms with Gasteiger partial charge in [-0.2, -0.15) is 16.9 Å². The molecule has 0 radical (unpaired) electrons. The molecule has 2 aromatic rings. The molecule has 0 unspecified atom stereocenters. The van der Waals surface area contributed by atoms with Gasteiger partial charge in [0, 0.05) is 48.8 Å². The van der Waals surface area contributed by atoms with Gasteiger partial charge in [-0.25, -0.2) is 9.18 Å². The van der Waals surface area contributed by atoms with Crippen LogP contribution in [0.5, 0.6) is 0 Å². The molecule has 1 aromatic carbocycles. The highest BCUT2D eigenvalue weighted by Crippen LogP contribution is 2.28. The quantitative estimate of drug-likeness (QED) is 0.672. The first-order valence-corrected chi connectivity index (χ1v) is 11.5. The number of aromatic nitrogens is 1. The van der Waals surface area contributed by atoms with Crippen molar-refractivity contribution >= 4 is 35.7 Å². The molecule has 2 aliphatic heterocycles. The molecule has 10 heteroatoms. The lowest BCUT2D eigenvalue weighted by Gasteiger charge is -2.22. The second kappa shape index (κ2) is 9.99. The number of amides is 2. The molecule has 2 aliphatic rings. The van der Waals surface area contributed by atoms with Gasteiger partial charge < -0.3 is 10.1 Å². The third-order valence-corrected chi connectivity index (χ3v) is 6.08. The summed E-state index contributed by atoms with van der Waals surface area (Å²) in [6.07, 6.45) is 2.38. The highest BCUT2D eigenvalue weighted by Gasteiger charge is 2.32. The molecular weight excluding hydrogens is 433 g/mol. The largest absolute Gasteiger partial charge is 0.442 e. The van der Waals surface area contributed by atoms with Gasteiger partial charge in [-0.3, -0.25) is 19.7 Å². The van der Waals surface area contributed by atoms with Crippen molar-refractivity contribution in [3.05, 3.63) is 47.9 Å². The summed E-state index contributed by atoms with van der Waals surface area (Å²) in [5.74, 6) is 1.47.